The predicted octanol–water partition coefficient (Wildman–Crippen LogP) is 4.49. The maximum atomic E-state index is 12.6. The Balaban J connectivity index is 2.01. The van der Waals surface area contributed by atoms with Crippen LogP contribution < -0.4 is 11.1 Å². The lowest BCUT2D eigenvalue weighted by molar-refractivity contribution is -0.185. The second kappa shape index (κ2) is 8.99. The fourth-order valence-corrected chi connectivity index (χ4v) is 2.73. The van der Waals surface area contributed by atoms with E-state index < -0.39 is 12.1 Å². The van der Waals surface area contributed by atoms with Gasteiger partial charge < -0.3 is 16.0 Å². The molecule has 0 saturated heterocycles. The van der Waals surface area contributed by atoms with E-state index in [0.717, 1.165) is 16.0 Å². The standard InChI is InChI=1S/C19H21ClF3N3O/c1-2-26(18(27)19(21,22)23)10-9-13-5-8-16(20)17(11-13)25-12-14-3-6-15(24)7-4-14/h3-8,11,25H,2,9-10,12,24H2,1H3. The molecule has 0 heterocycles. The van der Waals surface area contributed by atoms with E-state index in [0.29, 0.717) is 29.4 Å². The molecule has 4 nitrogen and oxygen atoms in total. The van der Waals surface area contributed by atoms with Crippen LogP contribution in [0.3, 0.4) is 0 Å². The molecule has 0 fully saturated rings. The molecule has 0 bridgehead atoms. The highest BCUT2D eigenvalue weighted by atomic mass is 35.5. The summed E-state index contributed by atoms with van der Waals surface area (Å²) in [6, 6.07) is 12.6. The maximum Gasteiger partial charge on any atom is 0.471 e. The summed E-state index contributed by atoms with van der Waals surface area (Å²) >= 11 is 6.19. The zero-order chi connectivity index (χ0) is 20.0. The van der Waals surface area contributed by atoms with Gasteiger partial charge in [-0.3, -0.25) is 4.79 Å². The first-order valence-electron chi connectivity index (χ1n) is 8.43. The van der Waals surface area contributed by atoms with Crippen LogP contribution in [0.4, 0.5) is 24.5 Å². The molecule has 2 aromatic carbocycles. The summed E-state index contributed by atoms with van der Waals surface area (Å²) in [6.45, 7) is 2.02. The molecule has 146 valence electrons. The van der Waals surface area contributed by atoms with Crippen molar-refractivity contribution < 1.29 is 18.0 Å². The monoisotopic (exact) mass is 399 g/mol. The van der Waals surface area contributed by atoms with Crippen LogP contribution in [0.2, 0.25) is 5.02 Å². The Morgan fingerprint density at radius 2 is 1.78 bits per heavy atom. The van der Waals surface area contributed by atoms with Crippen molar-refractivity contribution in [2.75, 3.05) is 24.1 Å². The largest absolute Gasteiger partial charge is 0.471 e. The molecule has 0 spiro atoms. The zero-order valence-corrected chi connectivity index (χ0v) is 15.6. The van der Waals surface area contributed by atoms with Crippen molar-refractivity contribution in [2.24, 2.45) is 0 Å². The average molecular weight is 400 g/mol. The molecule has 0 atom stereocenters. The first-order chi connectivity index (χ1) is 12.7. The quantitative estimate of drug-likeness (QED) is 0.674. The number of benzene rings is 2. The number of alkyl halides is 3. The third kappa shape index (κ3) is 6.06. The lowest BCUT2D eigenvalue weighted by atomic mass is 10.1. The first kappa shape index (κ1) is 20.9. The van der Waals surface area contributed by atoms with Crippen LogP contribution in [0.15, 0.2) is 42.5 Å². The number of carbonyl (C=O) groups excluding carboxylic acids is 1. The predicted molar refractivity (Wildman–Crippen MR) is 102 cm³/mol. The molecule has 0 radical (unpaired) electrons. The van der Waals surface area contributed by atoms with Crippen molar-refractivity contribution in [1.29, 1.82) is 0 Å². The number of nitrogen functional groups attached to an aromatic ring is 1. The lowest BCUT2D eigenvalue weighted by Gasteiger charge is -2.22. The molecular weight excluding hydrogens is 379 g/mol. The Kier molecular flexibility index (Phi) is 6.96. The molecule has 27 heavy (non-hydrogen) atoms. The van der Waals surface area contributed by atoms with Crippen molar-refractivity contribution in [3.05, 3.63) is 58.6 Å². The minimum atomic E-state index is -4.86. The number of nitrogens with one attached hydrogen (secondary N) is 1. The summed E-state index contributed by atoms with van der Waals surface area (Å²) in [5, 5.41) is 3.71. The summed E-state index contributed by atoms with van der Waals surface area (Å²) in [5.74, 6) is -1.82. The van der Waals surface area contributed by atoms with Crippen molar-refractivity contribution in [3.63, 3.8) is 0 Å². The van der Waals surface area contributed by atoms with Gasteiger partial charge >= 0.3 is 12.1 Å². The van der Waals surface area contributed by atoms with E-state index in [9.17, 15) is 18.0 Å². The van der Waals surface area contributed by atoms with E-state index in [2.05, 4.69) is 5.32 Å². The molecule has 2 rings (SSSR count). The van der Waals surface area contributed by atoms with Gasteiger partial charge in [0.15, 0.2) is 0 Å². The fourth-order valence-electron chi connectivity index (χ4n) is 2.54. The average Bonchev–Trinajstić information content (AvgIpc) is 2.62. The van der Waals surface area contributed by atoms with Gasteiger partial charge in [0.2, 0.25) is 0 Å². The summed E-state index contributed by atoms with van der Waals surface area (Å²) in [6.07, 6.45) is -4.56. The van der Waals surface area contributed by atoms with Crippen LogP contribution in [0.25, 0.3) is 0 Å². The van der Waals surface area contributed by atoms with Gasteiger partial charge in [0.1, 0.15) is 0 Å². The Morgan fingerprint density at radius 3 is 2.37 bits per heavy atom. The van der Waals surface area contributed by atoms with E-state index in [1.54, 1.807) is 30.3 Å². The van der Waals surface area contributed by atoms with Gasteiger partial charge in [0.25, 0.3) is 0 Å². The lowest BCUT2D eigenvalue weighted by Crippen LogP contribution is -2.42. The summed E-state index contributed by atoms with van der Waals surface area (Å²) in [7, 11) is 0. The van der Waals surface area contributed by atoms with Crippen molar-refractivity contribution in [3.8, 4) is 0 Å². The Hall–Kier alpha value is -2.41. The van der Waals surface area contributed by atoms with Gasteiger partial charge in [-0.05, 0) is 48.7 Å². The number of rotatable bonds is 7. The van der Waals surface area contributed by atoms with E-state index in [1.807, 2.05) is 12.1 Å². The van der Waals surface area contributed by atoms with Crippen LogP contribution in [0.5, 0.6) is 0 Å². The molecule has 1 amide bonds. The van der Waals surface area contributed by atoms with Crippen LogP contribution in [-0.2, 0) is 17.8 Å². The molecule has 0 aliphatic rings. The number of nitrogens with zero attached hydrogens (tertiary/aromatic N) is 1. The summed E-state index contributed by atoms with van der Waals surface area (Å²) in [4.78, 5) is 12.2. The van der Waals surface area contributed by atoms with Gasteiger partial charge in [-0.1, -0.05) is 29.8 Å². The molecule has 8 heteroatoms. The SMILES string of the molecule is CCN(CCc1ccc(Cl)c(NCc2ccc(N)cc2)c1)C(=O)C(F)(F)F. The van der Waals surface area contributed by atoms with E-state index in [1.165, 1.54) is 6.92 Å². The number of hydrogen-bond donors (Lipinski definition) is 2. The molecule has 0 saturated carbocycles. The van der Waals surface area contributed by atoms with E-state index in [4.69, 9.17) is 17.3 Å². The van der Waals surface area contributed by atoms with Crippen LogP contribution in [-0.4, -0.2) is 30.1 Å². The molecule has 0 aliphatic heterocycles. The molecule has 0 aliphatic carbocycles. The highest BCUT2D eigenvalue weighted by Gasteiger charge is 2.41. The number of hydrogen-bond acceptors (Lipinski definition) is 3. The van der Waals surface area contributed by atoms with E-state index >= 15 is 0 Å². The van der Waals surface area contributed by atoms with Gasteiger partial charge in [0, 0.05) is 25.3 Å². The number of carbonyl (C=O) groups is 1. The van der Waals surface area contributed by atoms with Crippen molar-refractivity contribution in [2.45, 2.75) is 26.1 Å². The second-order valence-corrected chi connectivity index (χ2v) is 6.45. The second-order valence-electron chi connectivity index (χ2n) is 6.04. The minimum absolute atomic E-state index is 0.00578. The number of anilines is 2. The van der Waals surface area contributed by atoms with Gasteiger partial charge in [-0.25, -0.2) is 0 Å². The molecular formula is C19H21ClF3N3O. The normalized spacial score (nSPS) is 11.3. The van der Waals surface area contributed by atoms with Gasteiger partial charge in [-0.2, -0.15) is 13.2 Å². The minimum Gasteiger partial charge on any atom is -0.399 e. The third-order valence-corrected chi connectivity index (χ3v) is 4.40. The van der Waals surface area contributed by atoms with Crippen molar-refractivity contribution in [1.82, 2.24) is 4.90 Å². The summed E-state index contributed by atoms with van der Waals surface area (Å²) < 4.78 is 37.8. The number of halogens is 4. The smallest absolute Gasteiger partial charge is 0.399 e. The summed E-state index contributed by atoms with van der Waals surface area (Å²) in [5.41, 5.74) is 8.80. The Labute approximate surface area is 161 Å². The number of amides is 1. The molecule has 0 aromatic heterocycles. The van der Waals surface area contributed by atoms with Crippen LogP contribution >= 0.6 is 11.6 Å². The molecule has 0 unspecified atom stereocenters. The third-order valence-electron chi connectivity index (χ3n) is 4.08. The number of nitrogens with two attached hydrogens (primary N) is 1. The Bertz CT molecular complexity index is 779. The van der Waals surface area contributed by atoms with Crippen LogP contribution in [0, 0.1) is 0 Å². The number of likely N-dealkylation sites (N-methyl/N-ethyl adjacent to an activating group) is 1. The van der Waals surface area contributed by atoms with Crippen LogP contribution in [0.1, 0.15) is 18.1 Å². The molecule has 3 N–H and O–H groups in total. The van der Waals surface area contributed by atoms with Crippen molar-refractivity contribution >= 4 is 28.9 Å². The highest BCUT2D eigenvalue weighted by Crippen LogP contribution is 2.25. The maximum absolute atomic E-state index is 12.6. The zero-order valence-electron chi connectivity index (χ0n) is 14.8. The first-order valence-corrected chi connectivity index (χ1v) is 8.81. The van der Waals surface area contributed by atoms with Gasteiger partial charge in [-0.15, -0.1) is 0 Å². The Morgan fingerprint density at radius 1 is 1.15 bits per heavy atom. The highest BCUT2D eigenvalue weighted by molar-refractivity contribution is 6.33. The van der Waals surface area contributed by atoms with E-state index in [-0.39, 0.29) is 13.1 Å². The topological polar surface area (TPSA) is 58.4 Å². The van der Waals surface area contributed by atoms with Gasteiger partial charge in [0.05, 0.1) is 10.7 Å². The fraction of sp³-hybridized carbons (Fsp3) is 0.316. The molecule has 2 aromatic rings.